The van der Waals surface area contributed by atoms with Crippen LogP contribution in [0.2, 0.25) is 0 Å². The Kier molecular flexibility index (Phi) is 3.56. The highest BCUT2D eigenvalue weighted by atomic mass is 16.5. The molecule has 1 aliphatic heterocycles. The first-order valence-electron chi connectivity index (χ1n) is 5.86. The zero-order valence-electron chi connectivity index (χ0n) is 10.1. The van der Waals surface area contributed by atoms with Crippen LogP contribution in [0.3, 0.4) is 0 Å². The molecule has 0 N–H and O–H groups in total. The van der Waals surface area contributed by atoms with Crippen LogP contribution >= 0.6 is 0 Å². The second-order valence-electron chi connectivity index (χ2n) is 4.25. The van der Waals surface area contributed by atoms with Crippen molar-refractivity contribution < 1.29 is 9.26 Å². The van der Waals surface area contributed by atoms with E-state index in [1.807, 2.05) is 6.92 Å². The predicted octanol–water partition coefficient (Wildman–Crippen LogP) is 1.55. The summed E-state index contributed by atoms with van der Waals surface area (Å²) in [4.78, 5) is 6.61. The van der Waals surface area contributed by atoms with Crippen molar-refractivity contribution >= 4 is 0 Å². The molecule has 0 saturated carbocycles. The maximum atomic E-state index is 5.64. The molecule has 2 heterocycles. The van der Waals surface area contributed by atoms with E-state index in [4.69, 9.17) is 9.26 Å². The van der Waals surface area contributed by atoms with E-state index in [2.05, 4.69) is 28.9 Å². The van der Waals surface area contributed by atoms with Gasteiger partial charge < -0.3 is 9.26 Å². The molecule has 0 unspecified atom stereocenters. The average molecular weight is 225 g/mol. The zero-order valence-corrected chi connectivity index (χ0v) is 10.1. The van der Waals surface area contributed by atoms with Gasteiger partial charge in [-0.25, -0.2) is 0 Å². The van der Waals surface area contributed by atoms with E-state index in [1.165, 1.54) is 0 Å². The lowest BCUT2D eigenvalue weighted by Gasteiger charge is -2.34. The van der Waals surface area contributed by atoms with E-state index in [0.29, 0.717) is 17.8 Å². The van der Waals surface area contributed by atoms with E-state index in [0.717, 1.165) is 26.1 Å². The van der Waals surface area contributed by atoms with Crippen molar-refractivity contribution in [3.8, 4) is 0 Å². The normalized spacial score (nSPS) is 24.6. The molecule has 0 spiro atoms. The van der Waals surface area contributed by atoms with Gasteiger partial charge in [-0.2, -0.15) is 4.98 Å². The Morgan fingerprint density at radius 2 is 2.38 bits per heavy atom. The van der Waals surface area contributed by atoms with Gasteiger partial charge in [0, 0.05) is 13.1 Å². The first-order valence-corrected chi connectivity index (χ1v) is 5.86. The first-order chi connectivity index (χ1) is 7.70. The van der Waals surface area contributed by atoms with Gasteiger partial charge in [-0.1, -0.05) is 12.1 Å². The Hall–Kier alpha value is -0.940. The van der Waals surface area contributed by atoms with Crippen LogP contribution in [0.1, 0.15) is 38.0 Å². The minimum absolute atomic E-state index is 0.180. The summed E-state index contributed by atoms with van der Waals surface area (Å²) in [5, 5.41) is 3.83. The van der Waals surface area contributed by atoms with Crippen molar-refractivity contribution in [1.29, 1.82) is 0 Å². The van der Waals surface area contributed by atoms with Gasteiger partial charge in [0.1, 0.15) is 0 Å². The second kappa shape index (κ2) is 4.93. The highest BCUT2D eigenvalue weighted by molar-refractivity contribution is 4.91. The summed E-state index contributed by atoms with van der Waals surface area (Å²) in [6, 6.07) is 0.180. The highest BCUT2D eigenvalue weighted by Crippen LogP contribution is 2.21. The number of morpholine rings is 1. The highest BCUT2D eigenvalue weighted by Gasteiger charge is 2.26. The van der Waals surface area contributed by atoms with Gasteiger partial charge in [-0.15, -0.1) is 0 Å². The van der Waals surface area contributed by atoms with Gasteiger partial charge >= 0.3 is 0 Å². The molecule has 1 aromatic rings. The second-order valence-corrected chi connectivity index (χ2v) is 4.25. The Morgan fingerprint density at radius 1 is 1.56 bits per heavy atom. The summed E-state index contributed by atoms with van der Waals surface area (Å²) in [6.07, 6.45) is 1.38. The Morgan fingerprint density at radius 3 is 3.00 bits per heavy atom. The van der Waals surface area contributed by atoms with Gasteiger partial charge in [0.25, 0.3) is 0 Å². The van der Waals surface area contributed by atoms with Gasteiger partial charge in [0.15, 0.2) is 5.82 Å². The fourth-order valence-electron chi connectivity index (χ4n) is 1.98. The molecular weight excluding hydrogens is 206 g/mol. The van der Waals surface area contributed by atoms with Crippen LogP contribution in [0.25, 0.3) is 0 Å². The van der Waals surface area contributed by atoms with Gasteiger partial charge in [0.05, 0.1) is 18.8 Å². The Balaban J connectivity index is 2.01. The summed E-state index contributed by atoms with van der Waals surface area (Å²) >= 11 is 0. The van der Waals surface area contributed by atoms with Crippen LogP contribution in [0.5, 0.6) is 0 Å². The van der Waals surface area contributed by atoms with E-state index < -0.39 is 0 Å². The lowest BCUT2D eigenvalue weighted by molar-refractivity contribution is -0.0462. The van der Waals surface area contributed by atoms with Crippen LogP contribution in [0.4, 0.5) is 0 Å². The molecule has 0 amide bonds. The third kappa shape index (κ3) is 2.41. The molecule has 0 aliphatic carbocycles. The van der Waals surface area contributed by atoms with Crippen molar-refractivity contribution in [2.45, 2.75) is 39.3 Å². The van der Waals surface area contributed by atoms with Crippen LogP contribution in [-0.2, 0) is 4.74 Å². The fraction of sp³-hybridized carbons (Fsp3) is 0.818. The molecule has 1 aromatic heterocycles. The van der Waals surface area contributed by atoms with E-state index in [9.17, 15) is 0 Å². The van der Waals surface area contributed by atoms with Gasteiger partial charge in [-0.05, 0) is 20.3 Å². The molecule has 0 bridgehead atoms. The molecule has 16 heavy (non-hydrogen) atoms. The number of hydrogen-bond acceptors (Lipinski definition) is 5. The number of aromatic nitrogens is 2. The fourth-order valence-corrected chi connectivity index (χ4v) is 1.98. The molecule has 1 fully saturated rings. The topological polar surface area (TPSA) is 51.4 Å². The molecule has 1 aliphatic rings. The molecule has 2 atom stereocenters. The zero-order chi connectivity index (χ0) is 11.5. The largest absolute Gasteiger partial charge is 0.376 e. The first kappa shape index (κ1) is 11.5. The van der Waals surface area contributed by atoms with Crippen molar-refractivity contribution in [3.63, 3.8) is 0 Å². The molecule has 0 aromatic carbocycles. The number of nitrogens with zero attached hydrogens (tertiary/aromatic N) is 3. The minimum Gasteiger partial charge on any atom is -0.376 e. The van der Waals surface area contributed by atoms with E-state index in [1.54, 1.807) is 0 Å². The number of hydrogen-bond donors (Lipinski definition) is 0. The molecule has 90 valence electrons. The smallest absolute Gasteiger partial charge is 0.243 e. The average Bonchev–Trinajstić information content (AvgIpc) is 2.75. The molecule has 1 saturated heterocycles. The lowest BCUT2D eigenvalue weighted by atomic mass is 10.2. The van der Waals surface area contributed by atoms with Crippen molar-refractivity contribution in [3.05, 3.63) is 11.7 Å². The van der Waals surface area contributed by atoms with Crippen LogP contribution in [-0.4, -0.2) is 40.8 Å². The maximum absolute atomic E-state index is 5.64. The SMILES string of the molecule is CC[C@@H]1CN([C@H](C)c2nc(C)no2)CCO1. The number of ether oxygens (including phenoxy) is 1. The molecule has 2 rings (SSSR count). The maximum Gasteiger partial charge on any atom is 0.243 e. The summed E-state index contributed by atoms with van der Waals surface area (Å²) in [6.45, 7) is 8.75. The van der Waals surface area contributed by atoms with E-state index >= 15 is 0 Å². The van der Waals surface area contributed by atoms with Crippen molar-refractivity contribution in [2.75, 3.05) is 19.7 Å². The summed E-state index contributed by atoms with van der Waals surface area (Å²) in [5.74, 6) is 1.40. The van der Waals surface area contributed by atoms with E-state index in [-0.39, 0.29) is 6.04 Å². The number of aryl methyl sites for hydroxylation is 1. The summed E-state index contributed by atoms with van der Waals surface area (Å²) in [5.41, 5.74) is 0. The lowest BCUT2D eigenvalue weighted by Crippen LogP contribution is -2.43. The quantitative estimate of drug-likeness (QED) is 0.781. The van der Waals surface area contributed by atoms with Crippen LogP contribution in [0, 0.1) is 6.92 Å². The minimum atomic E-state index is 0.180. The molecule has 0 radical (unpaired) electrons. The Labute approximate surface area is 95.8 Å². The predicted molar refractivity (Wildman–Crippen MR) is 59.1 cm³/mol. The number of rotatable bonds is 3. The van der Waals surface area contributed by atoms with Gasteiger partial charge in [0.2, 0.25) is 5.89 Å². The standard InChI is InChI=1S/C11H19N3O2/c1-4-10-7-14(5-6-15-10)8(2)11-12-9(3)13-16-11/h8,10H,4-7H2,1-3H3/t8-,10-/m1/s1. The molecular formula is C11H19N3O2. The molecule has 5 nitrogen and oxygen atoms in total. The summed E-state index contributed by atoms with van der Waals surface area (Å²) in [7, 11) is 0. The summed E-state index contributed by atoms with van der Waals surface area (Å²) < 4.78 is 10.8. The molecule has 5 heteroatoms. The van der Waals surface area contributed by atoms with Crippen LogP contribution < -0.4 is 0 Å². The third-order valence-corrected chi connectivity index (χ3v) is 3.07. The van der Waals surface area contributed by atoms with Crippen molar-refractivity contribution in [2.24, 2.45) is 0 Å². The monoisotopic (exact) mass is 225 g/mol. The Bertz CT molecular complexity index is 340. The third-order valence-electron chi connectivity index (χ3n) is 3.07. The van der Waals surface area contributed by atoms with Crippen LogP contribution in [0.15, 0.2) is 4.52 Å². The van der Waals surface area contributed by atoms with Gasteiger partial charge in [-0.3, -0.25) is 4.90 Å². The van der Waals surface area contributed by atoms with Crippen molar-refractivity contribution in [1.82, 2.24) is 15.0 Å².